The molecule has 0 saturated heterocycles. The smallest absolute Gasteiger partial charge is 0.218 e. The van der Waals surface area contributed by atoms with Gasteiger partial charge in [0, 0.05) is 24.5 Å². The summed E-state index contributed by atoms with van der Waals surface area (Å²) < 4.78 is 33.4. The van der Waals surface area contributed by atoms with Crippen molar-refractivity contribution in [3.05, 3.63) is 66.3 Å². The minimum absolute atomic E-state index is 0.216. The monoisotopic (exact) mass is 332 g/mol. The van der Waals surface area contributed by atoms with E-state index in [1.165, 1.54) is 12.3 Å². The molecule has 8 heteroatoms. The topological polar surface area (TPSA) is 90.0 Å². The van der Waals surface area contributed by atoms with E-state index < -0.39 is 10.0 Å². The molecule has 3 aromatic rings. The highest BCUT2D eigenvalue weighted by Crippen LogP contribution is 2.18. The molecule has 0 amide bonds. The molecule has 3 rings (SSSR count). The number of sulfonamides is 1. The van der Waals surface area contributed by atoms with Crippen LogP contribution >= 0.6 is 0 Å². The van der Waals surface area contributed by atoms with Gasteiger partial charge < -0.3 is 4.52 Å². The average Bonchev–Trinajstić information content (AvgIpc) is 3.19. The maximum atomic E-state index is 12.2. The van der Waals surface area contributed by atoms with E-state index in [1.807, 2.05) is 36.5 Å². The first-order chi connectivity index (χ1) is 11.0. The van der Waals surface area contributed by atoms with Crippen molar-refractivity contribution in [2.45, 2.75) is 18.7 Å². The van der Waals surface area contributed by atoms with Crippen LogP contribution in [0.1, 0.15) is 24.2 Å². The number of benzene rings is 1. The van der Waals surface area contributed by atoms with Crippen LogP contribution in [0.5, 0.6) is 0 Å². The molecule has 0 fully saturated rings. The Kier molecular flexibility index (Phi) is 4.26. The maximum Gasteiger partial charge on any atom is 0.218 e. The van der Waals surface area contributed by atoms with E-state index in [-0.39, 0.29) is 11.8 Å². The Balaban J connectivity index is 1.75. The first kappa shape index (κ1) is 15.4. The Bertz CT molecular complexity index is 858. The molecule has 1 N–H and O–H groups in total. The predicted octanol–water partition coefficient (Wildman–Crippen LogP) is 2.04. The van der Waals surface area contributed by atoms with Gasteiger partial charge in [0.2, 0.25) is 10.0 Å². The highest BCUT2D eigenvalue weighted by molar-refractivity contribution is 7.88. The summed E-state index contributed by atoms with van der Waals surface area (Å²) in [7, 11) is -3.51. The average molecular weight is 332 g/mol. The van der Waals surface area contributed by atoms with E-state index >= 15 is 0 Å². The summed E-state index contributed by atoms with van der Waals surface area (Å²) >= 11 is 0. The van der Waals surface area contributed by atoms with E-state index in [0.717, 1.165) is 11.3 Å². The summed E-state index contributed by atoms with van der Waals surface area (Å²) in [5.41, 5.74) is 2.09. The van der Waals surface area contributed by atoms with E-state index in [4.69, 9.17) is 0 Å². The van der Waals surface area contributed by atoms with Crippen LogP contribution in [0, 0.1) is 0 Å². The minimum Gasteiger partial charge on any atom is -0.364 e. The zero-order valence-corrected chi connectivity index (χ0v) is 13.3. The van der Waals surface area contributed by atoms with Crippen molar-refractivity contribution >= 4 is 10.0 Å². The zero-order valence-electron chi connectivity index (χ0n) is 12.5. The molecule has 23 heavy (non-hydrogen) atoms. The van der Waals surface area contributed by atoms with Crippen LogP contribution in [0.4, 0.5) is 0 Å². The first-order valence-electron chi connectivity index (χ1n) is 7.03. The van der Waals surface area contributed by atoms with Gasteiger partial charge in [0.15, 0.2) is 0 Å². The molecule has 2 heterocycles. The molecule has 1 aromatic carbocycles. The molecule has 0 aliphatic heterocycles. The van der Waals surface area contributed by atoms with Crippen molar-refractivity contribution in [1.82, 2.24) is 19.7 Å². The lowest BCUT2D eigenvalue weighted by molar-refractivity contribution is 0.413. The Morgan fingerprint density at radius 3 is 2.87 bits per heavy atom. The summed E-state index contributed by atoms with van der Waals surface area (Å²) in [5.74, 6) is -0.216. The first-order valence-corrected chi connectivity index (χ1v) is 8.68. The van der Waals surface area contributed by atoms with Crippen molar-refractivity contribution in [1.29, 1.82) is 0 Å². The molecule has 120 valence electrons. The van der Waals surface area contributed by atoms with Crippen molar-refractivity contribution in [3.8, 4) is 5.69 Å². The van der Waals surface area contributed by atoms with Crippen LogP contribution < -0.4 is 4.72 Å². The van der Waals surface area contributed by atoms with Gasteiger partial charge in [-0.3, -0.25) is 0 Å². The standard InChI is InChI=1S/C15H16N4O3S/c1-12(18-23(20,21)11-14-6-9-22-17-14)13-4-2-5-15(10-13)19-8-3-7-16-19/h2-10,12,18H,11H2,1H3/t12-/m1/s1. The highest BCUT2D eigenvalue weighted by atomic mass is 32.2. The molecule has 2 aromatic heterocycles. The largest absolute Gasteiger partial charge is 0.364 e. The van der Waals surface area contributed by atoms with Crippen molar-refractivity contribution in [2.24, 2.45) is 0 Å². The summed E-state index contributed by atoms with van der Waals surface area (Å²) in [6.07, 6.45) is 4.87. The van der Waals surface area contributed by atoms with Crippen molar-refractivity contribution in [3.63, 3.8) is 0 Å². The SMILES string of the molecule is C[C@@H](NS(=O)(=O)Cc1ccon1)c1cccc(-n2cccn2)c1. The second-order valence-corrected chi connectivity index (χ2v) is 6.89. The van der Waals surface area contributed by atoms with Crippen LogP contribution in [0.2, 0.25) is 0 Å². The fraction of sp³-hybridized carbons (Fsp3) is 0.200. The number of rotatable bonds is 6. The minimum atomic E-state index is -3.51. The molecule has 0 bridgehead atoms. The fourth-order valence-electron chi connectivity index (χ4n) is 2.24. The quantitative estimate of drug-likeness (QED) is 0.746. The molecule has 0 radical (unpaired) electrons. The summed E-state index contributed by atoms with van der Waals surface area (Å²) in [6, 6.07) is 10.5. The molecule has 0 unspecified atom stereocenters. The number of nitrogens with one attached hydrogen (secondary N) is 1. The van der Waals surface area contributed by atoms with Crippen LogP contribution in [0.25, 0.3) is 5.69 Å². The molecular weight excluding hydrogens is 316 g/mol. The predicted molar refractivity (Wildman–Crippen MR) is 84.2 cm³/mol. The Hall–Kier alpha value is -2.45. The lowest BCUT2D eigenvalue weighted by atomic mass is 10.1. The van der Waals surface area contributed by atoms with E-state index in [9.17, 15) is 8.42 Å². The van der Waals surface area contributed by atoms with Gasteiger partial charge >= 0.3 is 0 Å². The maximum absolute atomic E-state index is 12.2. The zero-order chi connectivity index (χ0) is 16.3. The van der Waals surface area contributed by atoms with Crippen LogP contribution in [-0.4, -0.2) is 23.4 Å². The van der Waals surface area contributed by atoms with Gasteiger partial charge in [-0.05, 0) is 30.7 Å². The van der Waals surface area contributed by atoms with E-state index in [1.54, 1.807) is 17.8 Å². The lowest BCUT2D eigenvalue weighted by Gasteiger charge is -2.15. The molecule has 0 spiro atoms. The van der Waals surface area contributed by atoms with Gasteiger partial charge in [0.05, 0.1) is 11.4 Å². The van der Waals surface area contributed by atoms with Crippen molar-refractivity contribution in [2.75, 3.05) is 0 Å². The van der Waals surface area contributed by atoms with Gasteiger partial charge in [0.25, 0.3) is 0 Å². The van der Waals surface area contributed by atoms with Crippen LogP contribution in [-0.2, 0) is 15.8 Å². The van der Waals surface area contributed by atoms with E-state index in [0.29, 0.717) is 5.69 Å². The third-order valence-electron chi connectivity index (χ3n) is 3.32. The normalized spacial score (nSPS) is 13.1. The lowest BCUT2D eigenvalue weighted by Crippen LogP contribution is -2.28. The molecular formula is C15H16N4O3S. The molecule has 1 atom stereocenters. The summed E-state index contributed by atoms with van der Waals surface area (Å²) in [5, 5.41) is 7.79. The van der Waals surface area contributed by atoms with Gasteiger partial charge in [-0.1, -0.05) is 17.3 Å². The Morgan fingerprint density at radius 2 is 2.17 bits per heavy atom. The highest BCUT2D eigenvalue weighted by Gasteiger charge is 2.18. The summed E-state index contributed by atoms with van der Waals surface area (Å²) in [4.78, 5) is 0. The number of aromatic nitrogens is 3. The molecule has 0 aliphatic rings. The Labute approximate surface area is 134 Å². The van der Waals surface area contributed by atoms with Gasteiger partial charge in [0.1, 0.15) is 12.0 Å². The van der Waals surface area contributed by atoms with Crippen LogP contribution in [0.15, 0.2) is 59.6 Å². The third-order valence-corrected chi connectivity index (χ3v) is 4.71. The fourth-order valence-corrected chi connectivity index (χ4v) is 3.54. The van der Waals surface area contributed by atoms with Crippen LogP contribution in [0.3, 0.4) is 0 Å². The molecule has 0 aliphatic carbocycles. The third kappa shape index (κ3) is 3.85. The number of hydrogen-bond acceptors (Lipinski definition) is 5. The van der Waals surface area contributed by atoms with Gasteiger partial charge in [-0.15, -0.1) is 0 Å². The summed E-state index contributed by atoms with van der Waals surface area (Å²) in [6.45, 7) is 1.79. The van der Waals surface area contributed by atoms with Crippen molar-refractivity contribution < 1.29 is 12.9 Å². The number of nitrogens with zero attached hydrogens (tertiary/aromatic N) is 3. The molecule has 7 nitrogen and oxygen atoms in total. The molecule has 0 saturated carbocycles. The van der Waals surface area contributed by atoms with Gasteiger partial charge in [-0.25, -0.2) is 17.8 Å². The number of hydrogen-bond donors (Lipinski definition) is 1. The van der Waals surface area contributed by atoms with Gasteiger partial charge in [-0.2, -0.15) is 5.10 Å². The Morgan fingerprint density at radius 1 is 1.30 bits per heavy atom. The second kappa shape index (κ2) is 6.35. The second-order valence-electron chi connectivity index (χ2n) is 5.14. The van der Waals surface area contributed by atoms with E-state index in [2.05, 4.69) is 19.5 Å².